The highest BCUT2D eigenvalue weighted by atomic mass is 32.1. The van der Waals surface area contributed by atoms with Gasteiger partial charge in [-0.25, -0.2) is 4.98 Å². The van der Waals surface area contributed by atoms with Gasteiger partial charge in [0.2, 0.25) is 0 Å². The highest BCUT2D eigenvalue weighted by Crippen LogP contribution is 2.06. The van der Waals surface area contributed by atoms with Gasteiger partial charge >= 0.3 is 0 Å². The van der Waals surface area contributed by atoms with Crippen molar-refractivity contribution >= 4 is 11.3 Å². The van der Waals surface area contributed by atoms with Gasteiger partial charge in [0.25, 0.3) is 0 Å². The zero-order chi connectivity index (χ0) is 11.2. The normalized spacial score (nSPS) is 10.6. The minimum atomic E-state index is 0.807. The summed E-state index contributed by atoms with van der Waals surface area (Å²) >= 11 is 1.63. The van der Waals surface area contributed by atoms with Crippen molar-refractivity contribution in [1.82, 2.24) is 15.3 Å². The van der Waals surface area contributed by atoms with Crippen LogP contribution >= 0.6 is 11.3 Å². The molecule has 0 aromatic carbocycles. The molecule has 0 aliphatic rings. The first-order valence-corrected chi connectivity index (χ1v) is 6.35. The van der Waals surface area contributed by atoms with E-state index in [2.05, 4.69) is 33.7 Å². The predicted molar refractivity (Wildman–Crippen MR) is 66.3 cm³/mol. The minimum absolute atomic E-state index is 0.807. The van der Waals surface area contributed by atoms with Gasteiger partial charge in [-0.1, -0.05) is 13.0 Å². The molecule has 2 rings (SSSR count). The molecule has 0 saturated carbocycles. The number of nitrogens with zero attached hydrogens (tertiary/aromatic N) is 2. The quantitative estimate of drug-likeness (QED) is 0.861. The van der Waals surface area contributed by atoms with Crippen LogP contribution in [-0.2, 0) is 19.5 Å². The molecule has 0 fully saturated rings. The van der Waals surface area contributed by atoms with Crippen molar-refractivity contribution < 1.29 is 0 Å². The highest BCUT2D eigenvalue weighted by Gasteiger charge is 2.01. The van der Waals surface area contributed by atoms with E-state index >= 15 is 0 Å². The van der Waals surface area contributed by atoms with Gasteiger partial charge in [-0.05, 0) is 18.1 Å². The summed E-state index contributed by atoms with van der Waals surface area (Å²) in [5, 5.41) is 5.42. The van der Waals surface area contributed by atoms with Crippen LogP contribution in [0.15, 0.2) is 29.2 Å². The van der Waals surface area contributed by atoms with Crippen LogP contribution < -0.4 is 5.32 Å². The molecule has 0 unspecified atom stereocenters. The maximum atomic E-state index is 4.39. The van der Waals surface area contributed by atoms with Crippen LogP contribution in [0.4, 0.5) is 0 Å². The number of thiazole rings is 1. The molecule has 0 bridgehead atoms. The van der Waals surface area contributed by atoms with E-state index in [4.69, 9.17) is 0 Å². The molecule has 1 N–H and O–H groups in total. The molecule has 2 aromatic rings. The Balaban J connectivity index is 1.89. The van der Waals surface area contributed by atoms with Gasteiger partial charge in [0, 0.05) is 24.7 Å². The number of nitrogens with one attached hydrogen (secondary N) is 1. The summed E-state index contributed by atoms with van der Waals surface area (Å²) in [7, 11) is 0. The third kappa shape index (κ3) is 2.87. The fourth-order valence-corrected chi connectivity index (χ4v) is 2.14. The lowest BCUT2D eigenvalue weighted by atomic mass is 10.1. The molecule has 0 amide bonds. The van der Waals surface area contributed by atoms with Gasteiger partial charge in [0.15, 0.2) is 0 Å². The molecule has 0 spiro atoms. The average Bonchev–Trinajstić information content (AvgIpc) is 2.83. The van der Waals surface area contributed by atoms with Crippen LogP contribution in [0, 0.1) is 0 Å². The van der Waals surface area contributed by atoms with E-state index in [9.17, 15) is 0 Å². The first kappa shape index (κ1) is 11.2. The molecule has 4 heteroatoms. The second kappa shape index (κ2) is 5.72. The molecule has 3 nitrogen and oxygen atoms in total. The SMILES string of the molecule is CCc1cccnc1CNCc1cscn1. The second-order valence-electron chi connectivity index (χ2n) is 3.55. The first-order chi connectivity index (χ1) is 7.90. The molecule has 0 aliphatic carbocycles. The molecule has 0 aliphatic heterocycles. The van der Waals surface area contributed by atoms with Crippen molar-refractivity contribution in [3.05, 3.63) is 46.2 Å². The Morgan fingerprint density at radius 1 is 1.31 bits per heavy atom. The summed E-state index contributed by atoms with van der Waals surface area (Å²) in [6.07, 6.45) is 2.88. The summed E-state index contributed by atoms with van der Waals surface area (Å²) in [6, 6.07) is 4.12. The van der Waals surface area contributed by atoms with Crippen molar-refractivity contribution in [2.45, 2.75) is 26.4 Å². The van der Waals surface area contributed by atoms with Crippen molar-refractivity contribution in [2.24, 2.45) is 0 Å². The molecule has 84 valence electrons. The van der Waals surface area contributed by atoms with Crippen molar-refractivity contribution in [3.8, 4) is 0 Å². The summed E-state index contributed by atoms with van der Waals surface area (Å²) in [5.41, 5.74) is 5.41. The summed E-state index contributed by atoms with van der Waals surface area (Å²) in [4.78, 5) is 8.61. The van der Waals surface area contributed by atoms with E-state index < -0.39 is 0 Å². The molecule has 0 atom stereocenters. The van der Waals surface area contributed by atoms with E-state index in [1.807, 2.05) is 17.8 Å². The molecule has 0 saturated heterocycles. The van der Waals surface area contributed by atoms with Crippen LogP contribution in [-0.4, -0.2) is 9.97 Å². The third-order valence-electron chi connectivity index (χ3n) is 2.45. The van der Waals surface area contributed by atoms with E-state index in [0.717, 1.165) is 30.9 Å². The number of aromatic nitrogens is 2. The number of hydrogen-bond acceptors (Lipinski definition) is 4. The lowest BCUT2D eigenvalue weighted by molar-refractivity contribution is 0.664. The second-order valence-corrected chi connectivity index (χ2v) is 4.26. The number of hydrogen-bond donors (Lipinski definition) is 1. The Morgan fingerprint density at radius 3 is 3.00 bits per heavy atom. The fourth-order valence-electron chi connectivity index (χ4n) is 1.59. The highest BCUT2D eigenvalue weighted by molar-refractivity contribution is 7.07. The molecular formula is C12H15N3S. The van der Waals surface area contributed by atoms with Gasteiger partial charge in [-0.2, -0.15) is 0 Å². The summed E-state index contributed by atoms with van der Waals surface area (Å²) in [6.45, 7) is 3.77. The Labute approximate surface area is 99.6 Å². The van der Waals surface area contributed by atoms with E-state index in [-0.39, 0.29) is 0 Å². The topological polar surface area (TPSA) is 37.8 Å². The predicted octanol–water partition coefficient (Wildman–Crippen LogP) is 2.39. The first-order valence-electron chi connectivity index (χ1n) is 5.40. The average molecular weight is 233 g/mol. The lowest BCUT2D eigenvalue weighted by Crippen LogP contribution is -2.15. The fraction of sp³-hybridized carbons (Fsp3) is 0.333. The largest absolute Gasteiger partial charge is 0.305 e. The van der Waals surface area contributed by atoms with Crippen LogP contribution in [0.5, 0.6) is 0 Å². The maximum Gasteiger partial charge on any atom is 0.0795 e. The van der Waals surface area contributed by atoms with Gasteiger partial charge in [-0.3, -0.25) is 4.98 Å². The Bertz CT molecular complexity index is 426. The Morgan fingerprint density at radius 2 is 2.25 bits per heavy atom. The van der Waals surface area contributed by atoms with Gasteiger partial charge in [-0.15, -0.1) is 11.3 Å². The van der Waals surface area contributed by atoms with Gasteiger partial charge in [0.05, 0.1) is 16.9 Å². The molecule has 2 aromatic heterocycles. The summed E-state index contributed by atoms with van der Waals surface area (Å²) < 4.78 is 0. The zero-order valence-corrected chi connectivity index (χ0v) is 10.1. The molecule has 16 heavy (non-hydrogen) atoms. The van der Waals surface area contributed by atoms with Gasteiger partial charge < -0.3 is 5.32 Å². The molecule has 0 radical (unpaired) electrons. The smallest absolute Gasteiger partial charge is 0.0795 e. The van der Waals surface area contributed by atoms with Crippen LogP contribution in [0.25, 0.3) is 0 Å². The van der Waals surface area contributed by atoms with E-state index in [0.29, 0.717) is 0 Å². The van der Waals surface area contributed by atoms with E-state index in [1.54, 1.807) is 11.3 Å². The molecular weight excluding hydrogens is 218 g/mol. The van der Waals surface area contributed by atoms with Crippen molar-refractivity contribution in [1.29, 1.82) is 0 Å². The van der Waals surface area contributed by atoms with Crippen molar-refractivity contribution in [3.63, 3.8) is 0 Å². The number of aryl methyl sites for hydroxylation is 1. The zero-order valence-electron chi connectivity index (χ0n) is 9.31. The Hall–Kier alpha value is -1.26. The van der Waals surface area contributed by atoms with E-state index in [1.165, 1.54) is 5.56 Å². The molecule has 2 heterocycles. The van der Waals surface area contributed by atoms with Crippen LogP contribution in [0.1, 0.15) is 23.9 Å². The van der Waals surface area contributed by atoms with Crippen LogP contribution in [0.2, 0.25) is 0 Å². The standard InChI is InChI=1S/C12H15N3S/c1-2-10-4-3-5-14-12(10)7-13-6-11-8-16-9-15-11/h3-5,8-9,13H,2,6-7H2,1H3. The maximum absolute atomic E-state index is 4.39. The number of rotatable bonds is 5. The lowest BCUT2D eigenvalue weighted by Gasteiger charge is -2.06. The Kier molecular flexibility index (Phi) is 4.02. The van der Waals surface area contributed by atoms with Crippen molar-refractivity contribution in [2.75, 3.05) is 0 Å². The third-order valence-corrected chi connectivity index (χ3v) is 3.08. The summed E-state index contributed by atoms with van der Waals surface area (Å²) in [5.74, 6) is 0. The van der Waals surface area contributed by atoms with Crippen LogP contribution in [0.3, 0.4) is 0 Å². The monoisotopic (exact) mass is 233 g/mol. The number of pyridine rings is 1. The minimum Gasteiger partial charge on any atom is -0.305 e. The van der Waals surface area contributed by atoms with Gasteiger partial charge in [0.1, 0.15) is 0 Å².